The molecule has 116 valence electrons. The zero-order chi connectivity index (χ0) is 16.1. The first kappa shape index (κ1) is 15.9. The Bertz CT molecular complexity index is 790. The molecule has 0 radical (unpaired) electrons. The highest BCUT2D eigenvalue weighted by atomic mass is 16.2. The molecule has 1 aromatic carbocycles. The highest BCUT2D eigenvalue weighted by Crippen LogP contribution is 2.13. The molecule has 22 heavy (non-hydrogen) atoms. The van der Waals surface area contributed by atoms with Gasteiger partial charge in [-0.15, -0.1) is 5.92 Å². The number of H-pyrrole nitrogens is 1. The van der Waals surface area contributed by atoms with Gasteiger partial charge in [0, 0.05) is 18.7 Å². The number of carbonyl (C=O) groups is 1. The Hall–Kier alpha value is -2.52. The van der Waals surface area contributed by atoms with Gasteiger partial charge in [0.1, 0.15) is 0 Å². The van der Waals surface area contributed by atoms with Crippen molar-refractivity contribution in [2.75, 3.05) is 27.2 Å². The van der Waals surface area contributed by atoms with Gasteiger partial charge in [-0.3, -0.25) is 9.36 Å². The third kappa shape index (κ3) is 3.57. The van der Waals surface area contributed by atoms with Gasteiger partial charge in [0.2, 0.25) is 0 Å². The first-order valence-corrected chi connectivity index (χ1v) is 7.08. The Labute approximate surface area is 129 Å². The molecule has 0 saturated carbocycles. The highest BCUT2D eigenvalue weighted by molar-refractivity contribution is 5.97. The van der Waals surface area contributed by atoms with Crippen LogP contribution in [0.1, 0.15) is 17.3 Å². The molecule has 1 heterocycles. The summed E-state index contributed by atoms with van der Waals surface area (Å²) in [4.78, 5) is 28.9. The van der Waals surface area contributed by atoms with Crippen molar-refractivity contribution < 1.29 is 4.79 Å². The number of aromatic nitrogens is 2. The molecule has 0 atom stereocenters. The minimum atomic E-state index is -0.197. The summed E-state index contributed by atoms with van der Waals surface area (Å²) in [6.07, 6.45) is 0. The molecular weight excluding hydrogens is 280 g/mol. The van der Waals surface area contributed by atoms with Crippen LogP contribution in [-0.4, -0.2) is 47.5 Å². The Morgan fingerprint density at radius 3 is 2.86 bits per heavy atom. The SMILES string of the molecule is CC#CCNC(=O)c1ccc2[nH]c(=O)n(CCN(C)C)c2c1. The number of imidazole rings is 1. The summed E-state index contributed by atoms with van der Waals surface area (Å²) in [6, 6.07) is 5.18. The van der Waals surface area contributed by atoms with Crippen molar-refractivity contribution in [3.8, 4) is 11.8 Å². The zero-order valence-electron chi connectivity index (χ0n) is 13.1. The van der Waals surface area contributed by atoms with Crippen molar-refractivity contribution >= 4 is 16.9 Å². The molecule has 0 fully saturated rings. The van der Waals surface area contributed by atoms with Crippen LogP contribution >= 0.6 is 0 Å². The molecule has 0 aliphatic rings. The Kier molecular flexibility index (Phi) is 5.02. The van der Waals surface area contributed by atoms with E-state index in [0.29, 0.717) is 18.7 Å². The van der Waals surface area contributed by atoms with E-state index in [1.165, 1.54) is 0 Å². The summed E-state index contributed by atoms with van der Waals surface area (Å²) in [5.41, 5.74) is 1.82. The smallest absolute Gasteiger partial charge is 0.326 e. The zero-order valence-corrected chi connectivity index (χ0v) is 13.1. The average Bonchev–Trinajstić information content (AvgIpc) is 2.79. The lowest BCUT2D eigenvalue weighted by Gasteiger charge is -2.10. The number of nitrogens with one attached hydrogen (secondary N) is 2. The first-order valence-electron chi connectivity index (χ1n) is 7.08. The van der Waals surface area contributed by atoms with Gasteiger partial charge in [-0.25, -0.2) is 4.79 Å². The molecule has 0 unspecified atom stereocenters. The second-order valence-corrected chi connectivity index (χ2v) is 5.23. The summed E-state index contributed by atoms with van der Waals surface area (Å²) >= 11 is 0. The first-order chi connectivity index (χ1) is 10.5. The van der Waals surface area contributed by atoms with Crippen LogP contribution in [0.2, 0.25) is 0 Å². The number of carbonyl (C=O) groups excluding carboxylic acids is 1. The van der Waals surface area contributed by atoms with Crippen molar-refractivity contribution in [2.24, 2.45) is 0 Å². The number of fused-ring (bicyclic) bond motifs is 1. The number of rotatable bonds is 5. The second-order valence-electron chi connectivity index (χ2n) is 5.23. The third-order valence-corrected chi connectivity index (χ3v) is 3.32. The lowest BCUT2D eigenvalue weighted by molar-refractivity contribution is 0.0959. The molecule has 0 spiro atoms. The molecule has 0 aliphatic heterocycles. The monoisotopic (exact) mass is 300 g/mol. The average molecular weight is 300 g/mol. The van der Waals surface area contributed by atoms with Crippen LogP contribution in [0, 0.1) is 11.8 Å². The van der Waals surface area contributed by atoms with Gasteiger partial charge in [-0.1, -0.05) is 5.92 Å². The number of amides is 1. The van der Waals surface area contributed by atoms with E-state index in [-0.39, 0.29) is 11.6 Å². The maximum absolute atomic E-state index is 12.1. The fourth-order valence-electron chi connectivity index (χ4n) is 2.13. The van der Waals surface area contributed by atoms with Crippen LogP contribution in [-0.2, 0) is 6.54 Å². The molecule has 0 aliphatic carbocycles. The van der Waals surface area contributed by atoms with E-state index in [1.54, 1.807) is 29.7 Å². The summed E-state index contributed by atoms with van der Waals surface area (Å²) in [7, 11) is 3.90. The van der Waals surface area contributed by atoms with E-state index in [4.69, 9.17) is 0 Å². The van der Waals surface area contributed by atoms with Crippen LogP contribution in [0.5, 0.6) is 0 Å². The van der Waals surface area contributed by atoms with Crippen LogP contribution < -0.4 is 11.0 Å². The molecule has 1 amide bonds. The summed E-state index contributed by atoms with van der Waals surface area (Å²) in [5.74, 6) is 5.31. The number of likely N-dealkylation sites (N-methyl/N-ethyl adjacent to an activating group) is 1. The maximum Gasteiger partial charge on any atom is 0.326 e. The fourth-order valence-corrected chi connectivity index (χ4v) is 2.13. The van der Waals surface area contributed by atoms with Crippen molar-refractivity contribution in [3.63, 3.8) is 0 Å². The Morgan fingerprint density at radius 1 is 1.41 bits per heavy atom. The summed E-state index contributed by atoms with van der Waals surface area (Å²) < 4.78 is 1.65. The second kappa shape index (κ2) is 6.96. The van der Waals surface area contributed by atoms with Crippen LogP contribution in [0.3, 0.4) is 0 Å². The predicted octanol–water partition coefficient (Wildman–Crippen LogP) is 0.644. The van der Waals surface area contributed by atoms with Gasteiger partial charge < -0.3 is 15.2 Å². The lowest BCUT2D eigenvalue weighted by atomic mass is 10.2. The summed E-state index contributed by atoms with van der Waals surface area (Å²) in [5, 5.41) is 2.72. The van der Waals surface area contributed by atoms with Gasteiger partial charge in [-0.2, -0.15) is 0 Å². The summed E-state index contributed by atoms with van der Waals surface area (Å²) in [6.45, 7) is 3.35. The number of aromatic amines is 1. The van der Waals surface area contributed by atoms with Crippen LogP contribution in [0.25, 0.3) is 11.0 Å². The Balaban J connectivity index is 2.31. The number of hydrogen-bond donors (Lipinski definition) is 2. The van der Waals surface area contributed by atoms with Gasteiger partial charge >= 0.3 is 5.69 Å². The molecule has 0 bridgehead atoms. The van der Waals surface area contributed by atoms with E-state index in [0.717, 1.165) is 17.6 Å². The van der Waals surface area contributed by atoms with Gasteiger partial charge in [-0.05, 0) is 39.2 Å². The van der Waals surface area contributed by atoms with E-state index >= 15 is 0 Å². The molecule has 2 aromatic rings. The van der Waals surface area contributed by atoms with E-state index in [2.05, 4.69) is 22.1 Å². The highest BCUT2D eigenvalue weighted by Gasteiger charge is 2.11. The molecule has 6 heteroatoms. The van der Waals surface area contributed by atoms with Gasteiger partial charge in [0.05, 0.1) is 17.6 Å². The van der Waals surface area contributed by atoms with Gasteiger partial charge in [0.15, 0.2) is 0 Å². The molecule has 2 rings (SSSR count). The quantitative estimate of drug-likeness (QED) is 0.796. The largest absolute Gasteiger partial charge is 0.341 e. The molecule has 1 aromatic heterocycles. The minimum Gasteiger partial charge on any atom is -0.341 e. The van der Waals surface area contributed by atoms with E-state index in [1.807, 2.05) is 19.0 Å². The standard InChI is InChI=1S/C16H20N4O2/c1-4-5-8-17-15(21)12-6-7-13-14(11-12)20(16(22)18-13)10-9-19(2)3/h6-7,11H,8-10H2,1-3H3,(H,17,21)(H,18,22). The third-order valence-electron chi connectivity index (χ3n) is 3.32. The Morgan fingerprint density at radius 2 is 2.18 bits per heavy atom. The molecule has 6 nitrogen and oxygen atoms in total. The maximum atomic E-state index is 12.1. The van der Waals surface area contributed by atoms with Crippen molar-refractivity contribution in [1.82, 2.24) is 19.8 Å². The minimum absolute atomic E-state index is 0.161. The topological polar surface area (TPSA) is 70.1 Å². The van der Waals surface area contributed by atoms with E-state index in [9.17, 15) is 9.59 Å². The number of hydrogen-bond acceptors (Lipinski definition) is 3. The molecular formula is C16H20N4O2. The van der Waals surface area contributed by atoms with Crippen LogP contribution in [0.15, 0.2) is 23.0 Å². The van der Waals surface area contributed by atoms with Crippen LogP contribution in [0.4, 0.5) is 0 Å². The fraction of sp³-hybridized carbons (Fsp3) is 0.375. The van der Waals surface area contributed by atoms with Crippen molar-refractivity contribution in [3.05, 3.63) is 34.2 Å². The predicted molar refractivity (Wildman–Crippen MR) is 86.9 cm³/mol. The van der Waals surface area contributed by atoms with Crippen molar-refractivity contribution in [2.45, 2.75) is 13.5 Å². The number of benzene rings is 1. The molecule has 0 saturated heterocycles. The molecule has 2 N–H and O–H groups in total. The normalized spacial score (nSPS) is 10.5. The van der Waals surface area contributed by atoms with Gasteiger partial charge in [0.25, 0.3) is 5.91 Å². The lowest BCUT2D eigenvalue weighted by Crippen LogP contribution is -2.25. The van der Waals surface area contributed by atoms with E-state index < -0.39 is 0 Å². The number of nitrogens with zero attached hydrogens (tertiary/aromatic N) is 2. The van der Waals surface area contributed by atoms with Crippen molar-refractivity contribution in [1.29, 1.82) is 0 Å².